The molecule has 1 aliphatic heterocycles. The van der Waals surface area contributed by atoms with Crippen LogP contribution in [-0.4, -0.2) is 48.6 Å². The molecule has 1 N–H and O–H groups in total. The number of halogens is 2. The van der Waals surface area contributed by atoms with Crippen molar-refractivity contribution in [2.45, 2.75) is 25.6 Å². The molecule has 0 bridgehead atoms. The highest BCUT2D eigenvalue weighted by molar-refractivity contribution is 6.06. The third kappa shape index (κ3) is 3.43. The van der Waals surface area contributed by atoms with E-state index in [1.165, 1.54) is 35.1 Å². The Hall–Kier alpha value is -3.96. The smallest absolute Gasteiger partial charge is 0.387 e. The third-order valence-corrected chi connectivity index (χ3v) is 4.59. The van der Waals surface area contributed by atoms with Gasteiger partial charge in [0.05, 0.1) is 17.9 Å². The molecule has 2 aromatic heterocycles. The molecule has 0 saturated carbocycles. The lowest BCUT2D eigenvalue weighted by Gasteiger charge is -2.20. The third-order valence-electron chi connectivity index (χ3n) is 4.59. The number of carbonyl (C=O) groups is 2. The molecule has 3 aromatic rings. The summed E-state index contributed by atoms with van der Waals surface area (Å²) < 4.78 is 30.2. The number of hydrogen-bond acceptors (Lipinski definition) is 7. The molecule has 1 atom stereocenters. The van der Waals surface area contributed by atoms with Crippen LogP contribution in [0.2, 0.25) is 0 Å². The van der Waals surface area contributed by atoms with Gasteiger partial charge in [-0.15, -0.1) is 5.10 Å². The molecule has 1 aliphatic rings. The lowest BCUT2D eigenvalue weighted by molar-refractivity contribution is -0.131. The van der Waals surface area contributed by atoms with E-state index in [1.54, 1.807) is 25.1 Å². The second-order valence-corrected chi connectivity index (χ2v) is 6.54. The Balaban J connectivity index is 1.57. The summed E-state index contributed by atoms with van der Waals surface area (Å²) in [5, 5.41) is 14.0. The molecule has 3 heterocycles. The highest BCUT2D eigenvalue weighted by Crippen LogP contribution is 2.28. The molecule has 12 heteroatoms. The van der Waals surface area contributed by atoms with Gasteiger partial charge in [0.1, 0.15) is 5.75 Å². The topological polar surface area (TPSA) is 115 Å². The zero-order chi connectivity index (χ0) is 21.3. The van der Waals surface area contributed by atoms with Crippen molar-refractivity contribution in [1.82, 2.24) is 35.4 Å². The lowest BCUT2D eigenvalue weighted by atomic mass is 9.97. The van der Waals surface area contributed by atoms with Crippen LogP contribution in [0.3, 0.4) is 0 Å². The summed E-state index contributed by atoms with van der Waals surface area (Å²) in [4.78, 5) is 30.7. The van der Waals surface area contributed by atoms with E-state index in [1.807, 2.05) is 0 Å². The van der Waals surface area contributed by atoms with E-state index in [2.05, 4.69) is 30.6 Å². The van der Waals surface area contributed by atoms with Gasteiger partial charge in [0.25, 0.3) is 5.91 Å². The van der Waals surface area contributed by atoms with Gasteiger partial charge in [-0.1, -0.05) is 6.07 Å². The molecular formula is C18H15F2N7O3. The molecule has 154 valence electrons. The van der Waals surface area contributed by atoms with Crippen molar-refractivity contribution < 1.29 is 23.1 Å². The van der Waals surface area contributed by atoms with Crippen molar-refractivity contribution in [3.05, 3.63) is 60.2 Å². The molecule has 1 unspecified atom stereocenters. The van der Waals surface area contributed by atoms with Crippen LogP contribution < -0.4 is 10.1 Å². The van der Waals surface area contributed by atoms with Crippen LogP contribution in [0.15, 0.2) is 48.7 Å². The van der Waals surface area contributed by atoms with Crippen LogP contribution in [0, 0.1) is 0 Å². The van der Waals surface area contributed by atoms with Crippen molar-refractivity contribution in [2.24, 2.45) is 0 Å². The SMILES string of the molecule is CC1(c2ccccn2)NC(=O)N(Cc2nnnn2-c2ccc(OC(F)F)cc2)C1=O. The first-order chi connectivity index (χ1) is 14.4. The first-order valence-electron chi connectivity index (χ1n) is 8.76. The Kier molecular flexibility index (Phi) is 4.82. The van der Waals surface area contributed by atoms with Crippen LogP contribution in [0.5, 0.6) is 5.75 Å². The Labute approximate surface area is 168 Å². The minimum atomic E-state index is -2.94. The lowest BCUT2D eigenvalue weighted by Crippen LogP contribution is -2.41. The van der Waals surface area contributed by atoms with E-state index in [-0.39, 0.29) is 18.1 Å². The van der Waals surface area contributed by atoms with Gasteiger partial charge in [-0.05, 0) is 53.7 Å². The largest absolute Gasteiger partial charge is 0.435 e. The molecule has 10 nitrogen and oxygen atoms in total. The molecule has 4 rings (SSSR count). The summed E-state index contributed by atoms with van der Waals surface area (Å²) in [6.07, 6.45) is 1.53. The predicted molar refractivity (Wildman–Crippen MR) is 96.5 cm³/mol. The zero-order valence-electron chi connectivity index (χ0n) is 15.6. The van der Waals surface area contributed by atoms with E-state index in [0.717, 1.165) is 4.90 Å². The van der Waals surface area contributed by atoms with Crippen molar-refractivity contribution >= 4 is 11.9 Å². The summed E-state index contributed by atoms with van der Waals surface area (Å²) in [5.41, 5.74) is -0.471. The Morgan fingerprint density at radius 1 is 1.17 bits per heavy atom. The van der Waals surface area contributed by atoms with Gasteiger partial charge in [-0.25, -0.2) is 4.79 Å². The van der Waals surface area contributed by atoms with E-state index in [4.69, 9.17) is 0 Å². The van der Waals surface area contributed by atoms with Gasteiger partial charge >= 0.3 is 12.6 Å². The number of alkyl halides is 2. The Morgan fingerprint density at radius 3 is 2.60 bits per heavy atom. The number of nitrogens with one attached hydrogen (secondary N) is 1. The number of aromatic nitrogens is 5. The van der Waals surface area contributed by atoms with E-state index < -0.39 is 24.1 Å². The maximum absolute atomic E-state index is 13.0. The minimum Gasteiger partial charge on any atom is -0.435 e. The highest BCUT2D eigenvalue weighted by atomic mass is 19.3. The maximum atomic E-state index is 13.0. The molecule has 0 aliphatic carbocycles. The fraction of sp³-hybridized carbons (Fsp3) is 0.222. The molecule has 1 aromatic carbocycles. The van der Waals surface area contributed by atoms with E-state index in [0.29, 0.717) is 11.4 Å². The molecule has 3 amide bonds. The highest BCUT2D eigenvalue weighted by Gasteiger charge is 2.50. The molecule has 0 radical (unpaired) electrons. The quantitative estimate of drug-likeness (QED) is 0.609. The second-order valence-electron chi connectivity index (χ2n) is 6.54. The fourth-order valence-electron chi connectivity index (χ4n) is 3.09. The monoisotopic (exact) mass is 415 g/mol. The Bertz CT molecular complexity index is 1070. The number of nitrogens with zero attached hydrogens (tertiary/aromatic N) is 6. The van der Waals surface area contributed by atoms with Crippen molar-refractivity contribution in [3.63, 3.8) is 0 Å². The number of carbonyl (C=O) groups excluding carboxylic acids is 2. The average molecular weight is 415 g/mol. The summed E-state index contributed by atoms with van der Waals surface area (Å²) in [6, 6.07) is 10.1. The zero-order valence-corrected chi connectivity index (χ0v) is 15.6. The van der Waals surface area contributed by atoms with Gasteiger partial charge in [0.15, 0.2) is 11.4 Å². The number of tetrazole rings is 1. The molecule has 0 spiro atoms. The Morgan fingerprint density at radius 2 is 1.93 bits per heavy atom. The van der Waals surface area contributed by atoms with Crippen LogP contribution >= 0.6 is 0 Å². The van der Waals surface area contributed by atoms with Gasteiger partial charge < -0.3 is 10.1 Å². The van der Waals surface area contributed by atoms with Gasteiger partial charge in [0, 0.05) is 6.20 Å². The summed E-state index contributed by atoms with van der Waals surface area (Å²) in [5.74, 6) is -0.323. The van der Waals surface area contributed by atoms with Crippen molar-refractivity contribution in [3.8, 4) is 11.4 Å². The van der Waals surface area contributed by atoms with Crippen molar-refractivity contribution in [1.29, 1.82) is 0 Å². The summed E-state index contributed by atoms with van der Waals surface area (Å²) >= 11 is 0. The van der Waals surface area contributed by atoms with Gasteiger partial charge in [-0.3, -0.25) is 14.7 Å². The standard InChI is InChI=1S/C18H15F2N7O3/c1-18(13-4-2-3-9-21-13)15(28)26(17(29)22-18)10-14-23-24-25-27(14)11-5-7-12(8-6-11)30-16(19)20/h2-9,16H,10H2,1H3,(H,22,29). The fourth-order valence-corrected chi connectivity index (χ4v) is 3.09. The first kappa shape index (κ1) is 19.4. The maximum Gasteiger partial charge on any atom is 0.387 e. The van der Waals surface area contributed by atoms with Gasteiger partial charge in [0.2, 0.25) is 0 Å². The van der Waals surface area contributed by atoms with Crippen LogP contribution in [0.25, 0.3) is 5.69 Å². The van der Waals surface area contributed by atoms with E-state index in [9.17, 15) is 18.4 Å². The average Bonchev–Trinajstić information content (AvgIpc) is 3.28. The first-order valence-corrected chi connectivity index (χ1v) is 8.76. The van der Waals surface area contributed by atoms with Crippen LogP contribution in [0.1, 0.15) is 18.4 Å². The number of pyridine rings is 1. The second kappa shape index (κ2) is 7.46. The van der Waals surface area contributed by atoms with Crippen LogP contribution in [-0.2, 0) is 16.9 Å². The molecule has 30 heavy (non-hydrogen) atoms. The number of amides is 3. The van der Waals surface area contributed by atoms with Gasteiger partial charge in [-0.2, -0.15) is 13.5 Å². The number of urea groups is 1. The number of ether oxygens (including phenoxy) is 1. The predicted octanol–water partition coefficient (Wildman–Crippen LogP) is 1.63. The minimum absolute atomic E-state index is 0.0244. The number of imide groups is 1. The molecule has 1 fully saturated rings. The molecule has 1 saturated heterocycles. The molecular weight excluding hydrogens is 400 g/mol. The summed E-state index contributed by atoms with van der Waals surface area (Å²) in [6.45, 7) is -1.57. The normalized spacial score (nSPS) is 18.7. The van der Waals surface area contributed by atoms with E-state index >= 15 is 0 Å². The number of rotatable bonds is 6. The van der Waals surface area contributed by atoms with Crippen molar-refractivity contribution in [2.75, 3.05) is 0 Å². The summed E-state index contributed by atoms with van der Waals surface area (Å²) in [7, 11) is 0. The number of hydrogen-bond donors (Lipinski definition) is 1. The van der Waals surface area contributed by atoms with Crippen LogP contribution in [0.4, 0.5) is 13.6 Å². The number of benzene rings is 1.